The number of carbonyl (C=O) groups excluding carboxylic acids is 1. The molecule has 160 valence electrons. The van der Waals surface area contributed by atoms with Crippen LogP contribution in [0.3, 0.4) is 0 Å². The number of carbonyl (C=O) groups is 1. The molecule has 0 saturated carbocycles. The molecule has 3 aromatic heterocycles. The molecule has 0 fully saturated rings. The Labute approximate surface area is 182 Å². The monoisotopic (exact) mass is 439 g/mol. The zero-order valence-corrected chi connectivity index (χ0v) is 18.1. The van der Waals surface area contributed by atoms with E-state index in [0.29, 0.717) is 28.3 Å². The van der Waals surface area contributed by atoms with E-state index in [1.807, 2.05) is 37.3 Å². The van der Waals surface area contributed by atoms with Gasteiger partial charge in [0.2, 0.25) is 5.91 Å². The molecule has 4 aromatic rings. The van der Waals surface area contributed by atoms with Gasteiger partial charge in [0.15, 0.2) is 0 Å². The molecule has 31 heavy (non-hydrogen) atoms. The van der Waals surface area contributed by atoms with Gasteiger partial charge >= 0.3 is 0 Å². The lowest BCUT2D eigenvalue weighted by Gasteiger charge is -2.07. The molecule has 9 nitrogen and oxygen atoms in total. The number of hydrogen-bond donors (Lipinski definition) is 1. The fourth-order valence-electron chi connectivity index (χ4n) is 3.13. The van der Waals surface area contributed by atoms with Crippen molar-refractivity contribution in [2.75, 3.05) is 11.1 Å². The van der Waals surface area contributed by atoms with Crippen LogP contribution >= 0.6 is 11.8 Å². The lowest BCUT2D eigenvalue weighted by atomic mass is 10.3. The van der Waals surface area contributed by atoms with E-state index in [0.717, 1.165) is 11.3 Å². The largest absolute Gasteiger partial charge is 0.469 e. The zero-order valence-electron chi connectivity index (χ0n) is 17.3. The maximum Gasteiger partial charge on any atom is 0.295 e. The topological polar surface area (TPSA) is 108 Å². The van der Waals surface area contributed by atoms with Crippen LogP contribution in [0.4, 0.5) is 5.69 Å². The van der Waals surface area contributed by atoms with Crippen LogP contribution in [0.1, 0.15) is 17.9 Å². The van der Waals surface area contributed by atoms with Crippen molar-refractivity contribution in [3.05, 3.63) is 64.5 Å². The van der Waals surface area contributed by atoms with Crippen LogP contribution in [-0.4, -0.2) is 31.2 Å². The summed E-state index contributed by atoms with van der Waals surface area (Å²) in [4.78, 5) is 25.3. The second-order valence-electron chi connectivity index (χ2n) is 6.85. The van der Waals surface area contributed by atoms with Crippen molar-refractivity contribution in [3.63, 3.8) is 0 Å². The van der Waals surface area contributed by atoms with Gasteiger partial charge in [-0.05, 0) is 32.0 Å². The maximum atomic E-state index is 12.9. The Balaban J connectivity index is 1.38. The number of aromatic nitrogens is 4. The van der Waals surface area contributed by atoms with Crippen LogP contribution < -0.4 is 10.9 Å². The van der Waals surface area contributed by atoms with Crippen molar-refractivity contribution < 1.29 is 13.6 Å². The summed E-state index contributed by atoms with van der Waals surface area (Å²) < 4.78 is 14.1. The molecule has 10 heteroatoms. The highest BCUT2D eigenvalue weighted by Gasteiger charge is 2.18. The Morgan fingerprint density at radius 3 is 2.65 bits per heavy atom. The Hall–Kier alpha value is -3.53. The van der Waals surface area contributed by atoms with Crippen LogP contribution in [0.15, 0.2) is 61.5 Å². The summed E-state index contributed by atoms with van der Waals surface area (Å²) in [6.45, 7) is 3.61. The van der Waals surface area contributed by atoms with Gasteiger partial charge in [-0.3, -0.25) is 14.3 Å². The van der Waals surface area contributed by atoms with Crippen LogP contribution in [0, 0.1) is 13.8 Å². The summed E-state index contributed by atoms with van der Waals surface area (Å²) in [5, 5.41) is 11.1. The highest BCUT2D eigenvalue weighted by Crippen LogP contribution is 2.26. The highest BCUT2D eigenvalue weighted by molar-refractivity contribution is 7.99. The van der Waals surface area contributed by atoms with Crippen LogP contribution in [0.2, 0.25) is 0 Å². The Kier molecular flexibility index (Phi) is 5.81. The molecule has 1 amide bonds. The number of amides is 1. The van der Waals surface area contributed by atoms with E-state index < -0.39 is 0 Å². The first-order valence-corrected chi connectivity index (χ1v) is 10.6. The standard InChI is InChI=1S/C21H21N5O4S/c1-13-18(20(28)26(25(13)3)15-7-5-4-6-8-15)22-17(27)10-12-31-21-24-23-19(30-21)16-9-11-29-14(16)2/h4-9,11H,10,12H2,1-3H3,(H,22,27). The number of thioether (sulfide) groups is 1. The lowest BCUT2D eigenvalue weighted by molar-refractivity contribution is -0.115. The van der Waals surface area contributed by atoms with Crippen molar-refractivity contribution in [1.82, 2.24) is 19.6 Å². The molecule has 1 aromatic carbocycles. The van der Waals surface area contributed by atoms with E-state index in [4.69, 9.17) is 8.83 Å². The molecular weight excluding hydrogens is 418 g/mol. The van der Waals surface area contributed by atoms with Gasteiger partial charge in [0.1, 0.15) is 11.4 Å². The van der Waals surface area contributed by atoms with Crippen molar-refractivity contribution >= 4 is 23.4 Å². The zero-order chi connectivity index (χ0) is 22.0. The maximum absolute atomic E-state index is 12.9. The molecule has 1 N–H and O–H groups in total. The molecule has 3 heterocycles. The fraction of sp³-hybridized carbons (Fsp3) is 0.238. The third-order valence-corrected chi connectivity index (χ3v) is 5.69. The van der Waals surface area contributed by atoms with Crippen LogP contribution in [0.5, 0.6) is 0 Å². The number of anilines is 1. The summed E-state index contributed by atoms with van der Waals surface area (Å²) >= 11 is 1.28. The summed E-state index contributed by atoms with van der Waals surface area (Å²) in [7, 11) is 1.78. The van der Waals surface area contributed by atoms with E-state index in [9.17, 15) is 9.59 Å². The summed E-state index contributed by atoms with van der Waals surface area (Å²) in [6.07, 6.45) is 1.75. The average molecular weight is 439 g/mol. The molecule has 0 saturated heterocycles. The molecular formula is C21H21N5O4S. The summed E-state index contributed by atoms with van der Waals surface area (Å²) in [5.41, 5.74) is 2.15. The minimum Gasteiger partial charge on any atom is -0.469 e. The molecule has 0 bridgehead atoms. The first-order valence-electron chi connectivity index (χ1n) is 9.60. The smallest absolute Gasteiger partial charge is 0.295 e. The quantitative estimate of drug-likeness (QED) is 0.439. The van der Waals surface area contributed by atoms with E-state index in [1.165, 1.54) is 16.4 Å². The van der Waals surface area contributed by atoms with Crippen LogP contribution in [-0.2, 0) is 11.8 Å². The number of nitrogens with one attached hydrogen (secondary N) is 1. The molecule has 0 atom stereocenters. The number of nitrogens with zero attached hydrogens (tertiary/aromatic N) is 4. The average Bonchev–Trinajstić information content (AvgIpc) is 3.45. The number of furan rings is 1. The van der Waals surface area contributed by atoms with E-state index in [1.54, 1.807) is 31.0 Å². The minimum absolute atomic E-state index is 0.187. The van der Waals surface area contributed by atoms with Gasteiger partial charge in [-0.15, -0.1) is 10.2 Å². The Morgan fingerprint density at radius 1 is 1.16 bits per heavy atom. The molecule has 0 aliphatic carbocycles. The molecule has 0 aliphatic rings. The van der Waals surface area contributed by atoms with Crippen molar-refractivity contribution in [2.24, 2.45) is 7.05 Å². The van der Waals surface area contributed by atoms with Gasteiger partial charge in [-0.1, -0.05) is 30.0 Å². The Morgan fingerprint density at radius 2 is 1.94 bits per heavy atom. The van der Waals surface area contributed by atoms with Crippen molar-refractivity contribution in [3.8, 4) is 17.1 Å². The van der Waals surface area contributed by atoms with E-state index in [-0.39, 0.29) is 23.6 Å². The highest BCUT2D eigenvalue weighted by atomic mass is 32.2. The molecule has 0 spiro atoms. The number of benzene rings is 1. The van der Waals surface area contributed by atoms with Gasteiger partial charge in [0.05, 0.1) is 23.2 Å². The predicted octanol–water partition coefficient (Wildman–Crippen LogP) is 3.56. The van der Waals surface area contributed by atoms with Gasteiger partial charge in [-0.25, -0.2) is 4.68 Å². The van der Waals surface area contributed by atoms with Gasteiger partial charge < -0.3 is 14.2 Å². The molecule has 0 unspecified atom stereocenters. The minimum atomic E-state index is -0.274. The third kappa shape index (κ3) is 4.19. The Bertz CT molecular complexity index is 1270. The van der Waals surface area contributed by atoms with Gasteiger partial charge in [-0.2, -0.15) is 0 Å². The van der Waals surface area contributed by atoms with E-state index >= 15 is 0 Å². The van der Waals surface area contributed by atoms with Gasteiger partial charge in [0, 0.05) is 19.2 Å². The van der Waals surface area contributed by atoms with Crippen LogP contribution in [0.25, 0.3) is 17.1 Å². The normalized spacial score (nSPS) is 11.1. The lowest BCUT2D eigenvalue weighted by Crippen LogP contribution is -2.23. The first-order chi connectivity index (χ1) is 15.0. The predicted molar refractivity (Wildman–Crippen MR) is 116 cm³/mol. The fourth-order valence-corrected chi connectivity index (χ4v) is 3.83. The number of rotatable bonds is 7. The number of aryl methyl sites for hydroxylation is 1. The second kappa shape index (κ2) is 8.68. The van der Waals surface area contributed by atoms with Crippen molar-refractivity contribution in [2.45, 2.75) is 25.5 Å². The molecule has 0 aliphatic heterocycles. The first kappa shape index (κ1) is 20.7. The summed E-state index contributed by atoms with van der Waals surface area (Å²) in [5.74, 6) is 1.24. The second-order valence-corrected chi connectivity index (χ2v) is 7.89. The number of hydrogen-bond acceptors (Lipinski definition) is 7. The molecule has 0 radical (unpaired) electrons. The summed E-state index contributed by atoms with van der Waals surface area (Å²) in [6, 6.07) is 11.0. The van der Waals surface area contributed by atoms with Gasteiger partial charge in [0.25, 0.3) is 16.7 Å². The number of para-hydroxylation sites is 1. The molecule has 4 rings (SSSR count). The SMILES string of the molecule is Cc1occc1-c1nnc(SCCC(=O)Nc2c(C)n(C)n(-c3ccccc3)c2=O)o1. The third-order valence-electron chi connectivity index (χ3n) is 4.87. The van der Waals surface area contributed by atoms with Crippen molar-refractivity contribution in [1.29, 1.82) is 0 Å². The van der Waals surface area contributed by atoms with E-state index in [2.05, 4.69) is 15.5 Å².